The van der Waals surface area contributed by atoms with Gasteiger partial charge in [0.05, 0.1) is 6.54 Å². The van der Waals surface area contributed by atoms with Crippen LogP contribution >= 0.6 is 0 Å². The molecule has 3 heteroatoms. The Bertz CT molecular complexity index is 122. The highest BCUT2D eigenvalue weighted by molar-refractivity contribution is 5.51. The lowest BCUT2D eigenvalue weighted by Gasteiger charge is -2.21. The third kappa shape index (κ3) is 3.83. The van der Waals surface area contributed by atoms with Gasteiger partial charge in [-0.05, 0) is 31.7 Å². The van der Waals surface area contributed by atoms with Gasteiger partial charge in [-0.3, -0.25) is 0 Å². The molecule has 12 heavy (non-hydrogen) atoms. The number of nitrogens with one attached hydrogen (secondary N) is 1. The molecule has 0 unspecified atom stereocenters. The highest BCUT2D eigenvalue weighted by Crippen LogP contribution is 2.17. The maximum atomic E-state index is 9.97. The number of carbonyl (C=O) groups excluding carboxylic acids is 1. The molecule has 1 saturated heterocycles. The van der Waals surface area contributed by atoms with Crippen LogP contribution in [0.1, 0.15) is 19.3 Å². The van der Waals surface area contributed by atoms with Crippen LogP contribution in [0.5, 0.6) is 0 Å². The van der Waals surface area contributed by atoms with Crippen molar-refractivity contribution >= 4 is 6.29 Å². The zero-order chi connectivity index (χ0) is 8.65. The summed E-state index contributed by atoms with van der Waals surface area (Å²) in [5.41, 5.74) is 0. The Morgan fingerprint density at radius 3 is 2.83 bits per heavy atom. The molecule has 1 aliphatic heterocycles. The van der Waals surface area contributed by atoms with E-state index in [9.17, 15) is 4.79 Å². The van der Waals surface area contributed by atoms with Gasteiger partial charge in [0.2, 0.25) is 0 Å². The van der Waals surface area contributed by atoms with Crippen molar-refractivity contribution in [2.24, 2.45) is 5.92 Å². The normalized spacial score (nSPS) is 19.3. The molecule has 0 amide bonds. The molecule has 1 aliphatic rings. The standard InChI is InChI=1S/C9H17NO2/c11-6-5-10-4-1-9-2-7-12-8-3-9/h6,9-10H,1-5,7-8H2. The van der Waals surface area contributed by atoms with E-state index in [-0.39, 0.29) is 0 Å². The van der Waals surface area contributed by atoms with Gasteiger partial charge < -0.3 is 14.8 Å². The molecule has 0 spiro atoms. The molecule has 0 aromatic carbocycles. The van der Waals surface area contributed by atoms with E-state index in [1.165, 1.54) is 19.3 Å². The molecule has 1 heterocycles. The van der Waals surface area contributed by atoms with E-state index < -0.39 is 0 Å². The summed E-state index contributed by atoms with van der Waals surface area (Å²) in [6, 6.07) is 0. The second-order valence-electron chi connectivity index (χ2n) is 3.22. The number of hydrogen-bond acceptors (Lipinski definition) is 3. The van der Waals surface area contributed by atoms with Crippen molar-refractivity contribution in [3.63, 3.8) is 0 Å². The fraction of sp³-hybridized carbons (Fsp3) is 0.889. The van der Waals surface area contributed by atoms with Gasteiger partial charge in [-0.15, -0.1) is 0 Å². The fourth-order valence-electron chi connectivity index (χ4n) is 1.50. The Labute approximate surface area is 73.5 Å². The van der Waals surface area contributed by atoms with Gasteiger partial charge in [-0.2, -0.15) is 0 Å². The van der Waals surface area contributed by atoms with Crippen molar-refractivity contribution in [2.75, 3.05) is 26.3 Å². The fourth-order valence-corrected chi connectivity index (χ4v) is 1.50. The Kier molecular flexibility index (Phi) is 4.95. The van der Waals surface area contributed by atoms with Crippen molar-refractivity contribution in [1.82, 2.24) is 5.32 Å². The second-order valence-corrected chi connectivity index (χ2v) is 3.22. The number of carbonyl (C=O) groups is 1. The van der Waals surface area contributed by atoms with Crippen LogP contribution in [-0.4, -0.2) is 32.6 Å². The lowest BCUT2D eigenvalue weighted by molar-refractivity contribution is -0.107. The first-order valence-corrected chi connectivity index (χ1v) is 4.65. The van der Waals surface area contributed by atoms with Gasteiger partial charge in [0.15, 0.2) is 0 Å². The summed E-state index contributed by atoms with van der Waals surface area (Å²) >= 11 is 0. The molecule has 1 N–H and O–H groups in total. The molecule has 3 nitrogen and oxygen atoms in total. The van der Waals surface area contributed by atoms with Gasteiger partial charge in [-0.1, -0.05) is 0 Å². The van der Waals surface area contributed by atoms with Crippen LogP contribution in [0.2, 0.25) is 0 Å². The summed E-state index contributed by atoms with van der Waals surface area (Å²) in [6.07, 6.45) is 4.45. The van der Waals surface area contributed by atoms with E-state index >= 15 is 0 Å². The van der Waals surface area contributed by atoms with Crippen molar-refractivity contribution in [1.29, 1.82) is 0 Å². The van der Waals surface area contributed by atoms with Crippen LogP contribution in [0.3, 0.4) is 0 Å². The summed E-state index contributed by atoms with van der Waals surface area (Å²) in [6.45, 7) is 3.28. The Hall–Kier alpha value is -0.410. The topological polar surface area (TPSA) is 38.3 Å². The molecule has 0 saturated carbocycles. The monoisotopic (exact) mass is 171 g/mol. The van der Waals surface area contributed by atoms with Crippen LogP contribution < -0.4 is 5.32 Å². The van der Waals surface area contributed by atoms with Crippen LogP contribution in [0.25, 0.3) is 0 Å². The average molecular weight is 171 g/mol. The predicted molar refractivity (Wildman–Crippen MR) is 47.1 cm³/mol. The van der Waals surface area contributed by atoms with E-state index in [0.717, 1.165) is 32.0 Å². The van der Waals surface area contributed by atoms with Gasteiger partial charge in [0.1, 0.15) is 6.29 Å². The van der Waals surface area contributed by atoms with E-state index in [2.05, 4.69) is 5.32 Å². The minimum Gasteiger partial charge on any atom is -0.381 e. The van der Waals surface area contributed by atoms with Gasteiger partial charge >= 0.3 is 0 Å². The van der Waals surface area contributed by atoms with E-state index in [0.29, 0.717) is 6.54 Å². The molecule has 0 atom stereocenters. The third-order valence-corrected chi connectivity index (χ3v) is 2.30. The molecule has 0 aromatic rings. The Morgan fingerprint density at radius 1 is 1.42 bits per heavy atom. The van der Waals surface area contributed by atoms with Crippen LogP contribution in [0.15, 0.2) is 0 Å². The second kappa shape index (κ2) is 6.14. The molecular formula is C9H17NO2. The van der Waals surface area contributed by atoms with Crippen LogP contribution in [0, 0.1) is 5.92 Å². The minimum absolute atomic E-state index is 0.489. The van der Waals surface area contributed by atoms with Crippen molar-refractivity contribution in [3.05, 3.63) is 0 Å². The van der Waals surface area contributed by atoms with Crippen molar-refractivity contribution < 1.29 is 9.53 Å². The summed E-state index contributed by atoms with van der Waals surface area (Å²) in [4.78, 5) is 9.97. The van der Waals surface area contributed by atoms with Crippen molar-refractivity contribution in [2.45, 2.75) is 19.3 Å². The highest BCUT2D eigenvalue weighted by atomic mass is 16.5. The van der Waals surface area contributed by atoms with Crippen molar-refractivity contribution in [3.8, 4) is 0 Å². The number of aldehydes is 1. The van der Waals surface area contributed by atoms with Gasteiger partial charge in [0.25, 0.3) is 0 Å². The molecule has 1 rings (SSSR count). The molecule has 0 bridgehead atoms. The summed E-state index contributed by atoms with van der Waals surface area (Å²) in [5.74, 6) is 0.804. The number of hydrogen-bond donors (Lipinski definition) is 1. The molecule has 70 valence electrons. The lowest BCUT2D eigenvalue weighted by Crippen LogP contribution is -2.23. The quantitative estimate of drug-likeness (QED) is 0.486. The largest absolute Gasteiger partial charge is 0.381 e. The molecule has 0 aromatic heterocycles. The first kappa shape index (κ1) is 9.68. The van der Waals surface area contributed by atoms with Crippen LogP contribution in [0.4, 0.5) is 0 Å². The number of rotatable bonds is 5. The van der Waals surface area contributed by atoms with Gasteiger partial charge in [-0.25, -0.2) is 0 Å². The van der Waals surface area contributed by atoms with E-state index in [4.69, 9.17) is 4.74 Å². The summed E-state index contributed by atoms with van der Waals surface area (Å²) in [5, 5.41) is 3.07. The number of ether oxygens (including phenoxy) is 1. The molecule has 1 fully saturated rings. The van der Waals surface area contributed by atoms with Crippen LogP contribution in [-0.2, 0) is 9.53 Å². The van der Waals surface area contributed by atoms with E-state index in [1.807, 2.05) is 0 Å². The maximum absolute atomic E-state index is 9.97. The first-order valence-electron chi connectivity index (χ1n) is 4.65. The minimum atomic E-state index is 0.489. The zero-order valence-corrected chi connectivity index (χ0v) is 7.42. The predicted octanol–water partition coefficient (Wildman–Crippen LogP) is 0.592. The first-order chi connectivity index (χ1) is 5.93. The SMILES string of the molecule is O=CCNCCC1CCOCC1. The zero-order valence-electron chi connectivity index (χ0n) is 7.42. The molecule has 0 radical (unpaired) electrons. The Balaban J connectivity index is 1.94. The Morgan fingerprint density at radius 2 is 2.17 bits per heavy atom. The summed E-state index contributed by atoms with van der Waals surface area (Å²) < 4.78 is 5.25. The molecular weight excluding hydrogens is 154 g/mol. The smallest absolute Gasteiger partial charge is 0.133 e. The maximum Gasteiger partial charge on any atom is 0.133 e. The highest BCUT2D eigenvalue weighted by Gasteiger charge is 2.12. The summed E-state index contributed by atoms with van der Waals surface area (Å²) in [7, 11) is 0. The third-order valence-electron chi connectivity index (χ3n) is 2.30. The molecule has 0 aliphatic carbocycles. The average Bonchev–Trinajstić information content (AvgIpc) is 2.14. The van der Waals surface area contributed by atoms with E-state index in [1.54, 1.807) is 0 Å². The lowest BCUT2D eigenvalue weighted by atomic mass is 9.97. The van der Waals surface area contributed by atoms with Gasteiger partial charge in [0, 0.05) is 13.2 Å².